The fourth-order valence-electron chi connectivity index (χ4n) is 3.72. The fraction of sp³-hybridized carbons (Fsp3) is 0.625. The molecule has 2 aliphatic rings. The number of rotatable bonds is 2. The van der Waals surface area contributed by atoms with Gasteiger partial charge >= 0.3 is 0 Å². The lowest BCUT2D eigenvalue weighted by molar-refractivity contribution is 0.0545. The Morgan fingerprint density at radius 2 is 1.82 bits per heavy atom. The summed E-state index contributed by atoms with van der Waals surface area (Å²) in [5.74, 6) is -0.647. The third-order valence-corrected chi connectivity index (χ3v) is 4.81. The maximum atomic E-state index is 13.8. The Morgan fingerprint density at radius 1 is 1.09 bits per heavy atom. The molecule has 2 saturated heterocycles. The lowest BCUT2D eigenvalue weighted by Crippen LogP contribution is -2.48. The largest absolute Gasteiger partial charge is 0.317 e. The van der Waals surface area contributed by atoms with Crippen LogP contribution < -0.4 is 5.32 Å². The zero-order valence-electron chi connectivity index (χ0n) is 12.6. The molecule has 126 valence electrons. The molecule has 0 saturated carbocycles. The van der Waals surface area contributed by atoms with Gasteiger partial charge in [0.05, 0.1) is 0 Å². The van der Waals surface area contributed by atoms with Gasteiger partial charge < -0.3 is 5.32 Å². The topological polar surface area (TPSA) is 15.3 Å². The molecule has 2 heterocycles. The van der Waals surface area contributed by atoms with Gasteiger partial charge in [-0.15, -0.1) is 24.8 Å². The molecule has 22 heavy (non-hydrogen) atoms. The van der Waals surface area contributed by atoms with E-state index in [1.807, 2.05) is 0 Å². The summed E-state index contributed by atoms with van der Waals surface area (Å²) in [7, 11) is 0. The van der Waals surface area contributed by atoms with Crippen molar-refractivity contribution in [2.45, 2.75) is 32.2 Å². The van der Waals surface area contributed by atoms with Crippen LogP contribution in [0.3, 0.4) is 0 Å². The van der Waals surface area contributed by atoms with Gasteiger partial charge in [0.2, 0.25) is 0 Å². The van der Waals surface area contributed by atoms with E-state index in [-0.39, 0.29) is 36.4 Å². The highest BCUT2D eigenvalue weighted by atomic mass is 35.5. The van der Waals surface area contributed by atoms with Crippen molar-refractivity contribution >= 4 is 24.8 Å². The Balaban J connectivity index is 0.00000121. The zero-order chi connectivity index (χ0) is 14.0. The SMILES string of the molecule is Cl.Cl.Fc1ccc(F)c(CN2CCCC3(CCNCC3)C2)c1. The number of nitrogens with zero attached hydrogens (tertiary/aromatic N) is 1. The van der Waals surface area contributed by atoms with E-state index in [4.69, 9.17) is 0 Å². The number of hydrogen-bond donors (Lipinski definition) is 1. The second-order valence-electron chi connectivity index (χ2n) is 6.30. The van der Waals surface area contributed by atoms with Crippen LogP contribution in [0.4, 0.5) is 8.78 Å². The van der Waals surface area contributed by atoms with Crippen molar-refractivity contribution in [3.8, 4) is 0 Å². The predicted octanol–water partition coefficient (Wildman–Crippen LogP) is 3.77. The van der Waals surface area contributed by atoms with Crippen LogP contribution in [-0.2, 0) is 6.54 Å². The third kappa shape index (κ3) is 4.54. The molecule has 0 bridgehead atoms. The molecule has 0 aromatic heterocycles. The molecule has 0 radical (unpaired) electrons. The Bertz CT molecular complexity index is 474. The molecule has 3 rings (SSSR count). The van der Waals surface area contributed by atoms with Crippen molar-refractivity contribution in [1.29, 1.82) is 0 Å². The molecule has 1 spiro atoms. The van der Waals surface area contributed by atoms with Gasteiger partial charge in [-0.3, -0.25) is 4.90 Å². The first-order valence-electron chi connectivity index (χ1n) is 7.54. The van der Waals surface area contributed by atoms with E-state index in [1.54, 1.807) is 0 Å². The first-order valence-corrected chi connectivity index (χ1v) is 7.54. The maximum Gasteiger partial charge on any atom is 0.127 e. The number of nitrogens with one attached hydrogen (secondary N) is 1. The van der Waals surface area contributed by atoms with E-state index in [0.717, 1.165) is 32.6 Å². The highest BCUT2D eigenvalue weighted by molar-refractivity contribution is 5.85. The summed E-state index contributed by atoms with van der Waals surface area (Å²) in [5.41, 5.74) is 0.879. The van der Waals surface area contributed by atoms with Crippen LogP contribution in [0.15, 0.2) is 18.2 Å². The standard InChI is InChI=1S/C16H22F2N2.2ClH/c17-14-2-3-15(18)13(10-14)11-20-9-1-4-16(12-20)5-7-19-8-6-16;;/h2-3,10,19H,1,4-9,11-12H2;2*1H. The fourth-order valence-corrected chi connectivity index (χ4v) is 3.72. The van der Waals surface area contributed by atoms with Crippen LogP contribution in [-0.4, -0.2) is 31.1 Å². The van der Waals surface area contributed by atoms with Crippen molar-refractivity contribution in [2.75, 3.05) is 26.2 Å². The quantitative estimate of drug-likeness (QED) is 0.871. The zero-order valence-corrected chi connectivity index (χ0v) is 14.2. The third-order valence-electron chi connectivity index (χ3n) is 4.81. The molecule has 6 heteroatoms. The lowest BCUT2D eigenvalue weighted by Gasteiger charge is -2.45. The predicted molar refractivity (Wildman–Crippen MR) is 89.9 cm³/mol. The Kier molecular flexibility index (Phi) is 7.53. The minimum atomic E-state index is -0.352. The smallest absolute Gasteiger partial charge is 0.127 e. The van der Waals surface area contributed by atoms with Gasteiger partial charge in [-0.05, 0) is 68.9 Å². The van der Waals surface area contributed by atoms with Crippen LogP contribution in [0.1, 0.15) is 31.2 Å². The molecule has 1 aromatic rings. The number of halogens is 4. The Hall–Kier alpha value is -0.420. The molecule has 0 amide bonds. The maximum absolute atomic E-state index is 13.8. The summed E-state index contributed by atoms with van der Waals surface area (Å²) in [6.07, 6.45) is 4.85. The number of hydrogen-bond acceptors (Lipinski definition) is 2. The first-order chi connectivity index (χ1) is 9.67. The highest BCUT2D eigenvalue weighted by Gasteiger charge is 2.36. The van der Waals surface area contributed by atoms with Crippen LogP contribution in [0.5, 0.6) is 0 Å². The van der Waals surface area contributed by atoms with Gasteiger partial charge in [-0.1, -0.05) is 0 Å². The van der Waals surface area contributed by atoms with Gasteiger partial charge in [0, 0.05) is 18.7 Å². The van der Waals surface area contributed by atoms with Gasteiger partial charge in [-0.2, -0.15) is 0 Å². The van der Waals surface area contributed by atoms with Crippen LogP contribution >= 0.6 is 24.8 Å². The van der Waals surface area contributed by atoms with Crippen molar-refractivity contribution in [3.63, 3.8) is 0 Å². The summed E-state index contributed by atoms with van der Waals surface area (Å²) < 4.78 is 27.0. The van der Waals surface area contributed by atoms with Crippen LogP contribution in [0.2, 0.25) is 0 Å². The Labute approximate surface area is 143 Å². The second-order valence-corrected chi connectivity index (χ2v) is 6.30. The van der Waals surface area contributed by atoms with Crippen LogP contribution in [0, 0.1) is 17.0 Å². The second kappa shape index (κ2) is 8.44. The van der Waals surface area contributed by atoms with Gasteiger partial charge in [0.25, 0.3) is 0 Å². The van der Waals surface area contributed by atoms with Crippen molar-refractivity contribution < 1.29 is 8.78 Å². The summed E-state index contributed by atoms with van der Waals surface area (Å²) in [6, 6.07) is 3.75. The summed E-state index contributed by atoms with van der Waals surface area (Å²) in [4.78, 5) is 2.30. The molecular formula is C16H24Cl2F2N2. The molecule has 2 nitrogen and oxygen atoms in total. The molecule has 1 N–H and O–H groups in total. The number of benzene rings is 1. The van der Waals surface area contributed by atoms with E-state index in [2.05, 4.69) is 10.2 Å². The molecule has 0 aliphatic carbocycles. The summed E-state index contributed by atoms with van der Waals surface area (Å²) in [6.45, 7) is 4.71. The minimum absolute atomic E-state index is 0. The average Bonchev–Trinajstić information content (AvgIpc) is 2.44. The van der Waals surface area contributed by atoms with E-state index in [0.29, 0.717) is 17.5 Å². The van der Waals surface area contributed by atoms with E-state index in [9.17, 15) is 8.78 Å². The minimum Gasteiger partial charge on any atom is -0.317 e. The molecule has 2 aliphatic heterocycles. The average molecular weight is 353 g/mol. The van der Waals surface area contributed by atoms with Gasteiger partial charge in [0.1, 0.15) is 11.6 Å². The highest BCUT2D eigenvalue weighted by Crippen LogP contribution is 2.38. The van der Waals surface area contributed by atoms with Gasteiger partial charge in [0.15, 0.2) is 0 Å². The molecular weight excluding hydrogens is 329 g/mol. The van der Waals surface area contributed by atoms with E-state index >= 15 is 0 Å². The Morgan fingerprint density at radius 3 is 2.55 bits per heavy atom. The molecule has 2 fully saturated rings. The summed E-state index contributed by atoms with van der Waals surface area (Å²) >= 11 is 0. The summed E-state index contributed by atoms with van der Waals surface area (Å²) in [5, 5.41) is 3.41. The normalized spacial score (nSPS) is 21.0. The molecule has 1 aromatic carbocycles. The monoisotopic (exact) mass is 352 g/mol. The van der Waals surface area contributed by atoms with Crippen molar-refractivity contribution in [3.05, 3.63) is 35.4 Å². The van der Waals surface area contributed by atoms with Crippen LogP contribution in [0.25, 0.3) is 0 Å². The van der Waals surface area contributed by atoms with E-state index in [1.165, 1.54) is 37.5 Å². The number of piperidine rings is 2. The van der Waals surface area contributed by atoms with Gasteiger partial charge in [-0.25, -0.2) is 8.78 Å². The number of likely N-dealkylation sites (tertiary alicyclic amines) is 1. The molecule has 0 atom stereocenters. The molecule has 0 unspecified atom stereocenters. The lowest BCUT2D eigenvalue weighted by atomic mass is 9.73. The first kappa shape index (κ1) is 19.6. The van der Waals surface area contributed by atoms with Crippen molar-refractivity contribution in [1.82, 2.24) is 10.2 Å². The van der Waals surface area contributed by atoms with Crippen molar-refractivity contribution in [2.24, 2.45) is 5.41 Å². The van der Waals surface area contributed by atoms with E-state index < -0.39 is 0 Å².